The van der Waals surface area contributed by atoms with Crippen LogP contribution in [0, 0.1) is 5.82 Å². The first-order valence-corrected chi connectivity index (χ1v) is 6.33. The van der Waals surface area contributed by atoms with E-state index in [-0.39, 0.29) is 11.9 Å². The predicted octanol–water partition coefficient (Wildman–Crippen LogP) is 2.18. The molecule has 0 bridgehead atoms. The molecule has 0 saturated carbocycles. The Morgan fingerprint density at radius 3 is 2.80 bits per heavy atom. The van der Waals surface area contributed by atoms with Crippen molar-refractivity contribution < 1.29 is 13.9 Å². The summed E-state index contributed by atoms with van der Waals surface area (Å²) in [7, 11) is 0. The highest BCUT2D eigenvalue weighted by Gasteiger charge is 2.26. The minimum Gasteiger partial charge on any atom is -0.378 e. The van der Waals surface area contributed by atoms with E-state index in [9.17, 15) is 9.18 Å². The van der Waals surface area contributed by atoms with Gasteiger partial charge in [-0.2, -0.15) is 4.99 Å². The van der Waals surface area contributed by atoms with Crippen LogP contribution in [0.2, 0.25) is 0 Å². The number of ether oxygens (including phenoxy) is 1. The molecule has 0 aromatic heterocycles. The Labute approximate surface area is 115 Å². The lowest BCUT2D eigenvalue weighted by molar-refractivity contribution is -0.000665. The van der Waals surface area contributed by atoms with E-state index in [4.69, 9.17) is 4.74 Å². The first kappa shape index (κ1) is 13.0. The molecule has 1 aromatic rings. The third-order valence-corrected chi connectivity index (χ3v) is 3.31. The lowest BCUT2D eigenvalue weighted by atomic mass is 10.0. The number of rotatable bonds is 3. The fraction of sp³-hybridized carbons (Fsp3) is 0.385. The van der Waals surface area contributed by atoms with Gasteiger partial charge in [0, 0.05) is 6.54 Å². The predicted molar refractivity (Wildman–Crippen MR) is 69.2 cm³/mol. The Morgan fingerprint density at radius 1 is 1.30 bits per heavy atom. The van der Waals surface area contributed by atoms with Gasteiger partial charge in [-0.1, -0.05) is 17.2 Å². The SMILES string of the molecule is O=C1N=NC(CN2CCOCC2c2ccc(F)cc2)=N1. The van der Waals surface area contributed by atoms with Gasteiger partial charge in [-0.15, -0.1) is 5.11 Å². The van der Waals surface area contributed by atoms with Crippen molar-refractivity contribution in [1.82, 2.24) is 4.90 Å². The van der Waals surface area contributed by atoms with E-state index in [1.807, 2.05) is 0 Å². The van der Waals surface area contributed by atoms with E-state index in [2.05, 4.69) is 20.1 Å². The van der Waals surface area contributed by atoms with Crippen molar-refractivity contribution in [3.05, 3.63) is 35.6 Å². The highest BCUT2D eigenvalue weighted by atomic mass is 19.1. The van der Waals surface area contributed by atoms with Crippen LogP contribution in [0.4, 0.5) is 9.18 Å². The van der Waals surface area contributed by atoms with E-state index in [0.717, 1.165) is 5.56 Å². The molecule has 0 radical (unpaired) electrons. The number of halogens is 1. The van der Waals surface area contributed by atoms with E-state index >= 15 is 0 Å². The fourth-order valence-corrected chi connectivity index (χ4v) is 2.32. The summed E-state index contributed by atoms with van der Waals surface area (Å²) in [5, 5.41) is 7.10. The number of benzene rings is 1. The van der Waals surface area contributed by atoms with Crippen LogP contribution in [-0.2, 0) is 4.74 Å². The van der Waals surface area contributed by atoms with E-state index in [1.54, 1.807) is 12.1 Å². The Kier molecular flexibility index (Phi) is 3.62. The van der Waals surface area contributed by atoms with Gasteiger partial charge in [0.25, 0.3) is 0 Å². The molecular weight excluding hydrogens is 263 g/mol. The van der Waals surface area contributed by atoms with Crippen molar-refractivity contribution in [2.24, 2.45) is 15.2 Å². The first-order chi connectivity index (χ1) is 9.72. The molecule has 104 valence electrons. The molecule has 0 aliphatic carbocycles. The first-order valence-electron chi connectivity index (χ1n) is 6.33. The number of hydrogen-bond acceptors (Lipinski definition) is 4. The second-order valence-electron chi connectivity index (χ2n) is 4.62. The standard InChI is InChI=1S/C13H13FN4O2/c14-10-3-1-9(2-4-10)11-8-20-6-5-18(11)7-12-15-13(19)17-16-12/h1-4,11H,5-8H2. The molecule has 0 N–H and O–H groups in total. The number of amidine groups is 1. The largest absolute Gasteiger partial charge is 0.387 e. The van der Waals surface area contributed by atoms with Crippen LogP contribution in [0.1, 0.15) is 11.6 Å². The number of nitrogens with zero attached hydrogens (tertiary/aromatic N) is 4. The summed E-state index contributed by atoms with van der Waals surface area (Å²) >= 11 is 0. The molecule has 2 heterocycles. The number of aliphatic imine (C=N–C) groups is 1. The van der Waals surface area contributed by atoms with Crippen LogP contribution in [0.3, 0.4) is 0 Å². The lowest BCUT2D eigenvalue weighted by Gasteiger charge is -2.35. The van der Waals surface area contributed by atoms with Crippen LogP contribution >= 0.6 is 0 Å². The third-order valence-electron chi connectivity index (χ3n) is 3.31. The molecule has 1 atom stereocenters. The smallest absolute Gasteiger partial charge is 0.378 e. The summed E-state index contributed by atoms with van der Waals surface area (Å²) < 4.78 is 18.5. The van der Waals surface area contributed by atoms with Gasteiger partial charge in [-0.05, 0) is 17.7 Å². The molecule has 7 heteroatoms. The van der Waals surface area contributed by atoms with Crippen LogP contribution in [0.15, 0.2) is 39.5 Å². The summed E-state index contributed by atoms with van der Waals surface area (Å²) in [5.41, 5.74) is 0.966. The maximum absolute atomic E-state index is 13.0. The molecule has 2 aliphatic rings. The molecule has 1 aromatic carbocycles. The molecule has 1 fully saturated rings. The van der Waals surface area contributed by atoms with Gasteiger partial charge in [-0.3, -0.25) is 4.90 Å². The van der Waals surface area contributed by atoms with Crippen molar-refractivity contribution in [3.63, 3.8) is 0 Å². The van der Waals surface area contributed by atoms with Gasteiger partial charge < -0.3 is 4.74 Å². The number of urea groups is 1. The van der Waals surface area contributed by atoms with Crippen LogP contribution in [0.25, 0.3) is 0 Å². The number of morpholine rings is 1. The van der Waals surface area contributed by atoms with Gasteiger partial charge in [0.2, 0.25) is 0 Å². The molecule has 3 rings (SSSR count). The minimum absolute atomic E-state index is 0.00190. The van der Waals surface area contributed by atoms with Crippen molar-refractivity contribution in [2.45, 2.75) is 6.04 Å². The van der Waals surface area contributed by atoms with Gasteiger partial charge in [0.05, 0.1) is 25.8 Å². The Balaban J connectivity index is 1.77. The maximum atomic E-state index is 13.0. The monoisotopic (exact) mass is 276 g/mol. The zero-order valence-corrected chi connectivity index (χ0v) is 10.7. The summed E-state index contributed by atoms with van der Waals surface area (Å²) in [5.74, 6) is 0.139. The van der Waals surface area contributed by atoms with Gasteiger partial charge in [0.1, 0.15) is 5.82 Å². The average molecular weight is 276 g/mol. The normalized spacial score (nSPS) is 23.1. The summed E-state index contributed by atoms with van der Waals surface area (Å²) in [4.78, 5) is 16.8. The molecule has 1 saturated heterocycles. The van der Waals surface area contributed by atoms with Gasteiger partial charge in [0.15, 0.2) is 5.84 Å². The number of carbonyl (C=O) groups is 1. The minimum atomic E-state index is -0.563. The molecule has 6 nitrogen and oxygen atoms in total. The van der Waals surface area contributed by atoms with Crippen molar-refractivity contribution in [2.75, 3.05) is 26.3 Å². The van der Waals surface area contributed by atoms with E-state index in [0.29, 0.717) is 32.1 Å². The molecular formula is C13H13FN4O2. The third kappa shape index (κ3) is 2.78. The van der Waals surface area contributed by atoms with E-state index in [1.165, 1.54) is 12.1 Å². The molecule has 2 amide bonds. The Hall–Kier alpha value is -1.99. The second kappa shape index (κ2) is 5.56. The highest BCUT2D eigenvalue weighted by molar-refractivity contribution is 5.99. The molecule has 0 spiro atoms. The topological polar surface area (TPSA) is 66.6 Å². The number of carbonyl (C=O) groups excluding carboxylic acids is 1. The quantitative estimate of drug-likeness (QED) is 0.849. The second-order valence-corrected chi connectivity index (χ2v) is 4.62. The van der Waals surface area contributed by atoms with Crippen molar-refractivity contribution >= 4 is 11.9 Å². The number of azo groups is 1. The van der Waals surface area contributed by atoms with Crippen LogP contribution in [-0.4, -0.2) is 43.1 Å². The van der Waals surface area contributed by atoms with Crippen LogP contribution < -0.4 is 0 Å². The Morgan fingerprint density at radius 2 is 2.10 bits per heavy atom. The molecule has 1 unspecified atom stereocenters. The average Bonchev–Trinajstić information content (AvgIpc) is 2.86. The molecule has 2 aliphatic heterocycles. The zero-order chi connectivity index (χ0) is 13.9. The summed E-state index contributed by atoms with van der Waals surface area (Å²) in [6, 6.07) is 5.77. The highest BCUT2D eigenvalue weighted by Crippen LogP contribution is 2.24. The van der Waals surface area contributed by atoms with Gasteiger partial charge >= 0.3 is 6.03 Å². The Bertz CT molecular complexity index is 570. The maximum Gasteiger partial charge on any atom is 0.387 e. The van der Waals surface area contributed by atoms with E-state index < -0.39 is 6.03 Å². The van der Waals surface area contributed by atoms with Crippen molar-refractivity contribution in [1.29, 1.82) is 0 Å². The van der Waals surface area contributed by atoms with Gasteiger partial charge in [-0.25, -0.2) is 9.18 Å². The fourth-order valence-electron chi connectivity index (χ4n) is 2.32. The molecule has 20 heavy (non-hydrogen) atoms. The van der Waals surface area contributed by atoms with Crippen LogP contribution in [0.5, 0.6) is 0 Å². The lowest BCUT2D eigenvalue weighted by Crippen LogP contribution is -2.41. The number of hydrogen-bond donors (Lipinski definition) is 0. The number of amides is 2. The summed E-state index contributed by atoms with van der Waals surface area (Å²) in [6.45, 7) is 2.26. The summed E-state index contributed by atoms with van der Waals surface area (Å²) in [6.07, 6.45) is 0. The van der Waals surface area contributed by atoms with Crippen molar-refractivity contribution in [3.8, 4) is 0 Å². The zero-order valence-electron chi connectivity index (χ0n) is 10.7.